The monoisotopic (exact) mass is 2090 g/mol. The van der Waals surface area contributed by atoms with Gasteiger partial charge in [-0.3, -0.25) is 24.0 Å². The molecule has 12 heterocycles. The number of aromatic nitrogens is 15. The number of halogens is 3. The quantitative estimate of drug-likeness (QED) is 0.0349. The van der Waals surface area contributed by atoms with Crippen LogP contribution in [0.15, 0.2) is 267 Å². The molecule has 32 heteroatoms. The highest BCUT2D eigenvalue weighted by Crippen LogP contribution is 2.31. The molecular formula is C118H134Cl2FN21O6S2. The number of fused-ring (bicyclic) bond motifs is 5. The van der Waals surface area contributed by atoms with E-state index >= 15 is 0 Å². The number of aryl methyl sites for hydroxylation is 8. The van der Waals surface area contributed by atoms with E-state index in [1.807, 2.05) is 186 Å². The van der Waals surface area contributed by atoms with Gasteiger partial charge in [-0.25, -0.2) is 54.2 Å². The summed E-state index contributed by atoms with van der Waals surface area (Å²) in [7, 11) is 0. The first-order valence-electron chi connectivity index (χ1n) is 51.7. The Hall–Kier alpha value is -14.6. The van der Waals surface area contributed by atoms with Gasteiger partial charge in [0.15, 0.2) is 28.2 Å². The summed E-state index contributed by atoms with van der Waals surface area (Å²) in [5.41, 5.74) is 15.8. The third kappa shape index (κ3) is 29.8. The second kappa shape index (κ2) is 55.1. The number of benzene rings is 6. The van der Waals surface area contributed by atoms with Gasteiger partial charge in [0.05, 0.1) is 53.1 Å². The average molecular weight is 2100 g/mol. The molecule has 0 saturated heterocycles. The number of carbonyl (C=O) groups excluding carboxylic acids is 5. The van der Waals surface area contributed by atoms with E-state index in [4.69, 9.17) is 52.9 Å². The molecule has 780 valence electrons. The first-order chi connectivity index (χ1) is 72.8. The fourth-order valence-electron chi connectivity index (χ4n) is 17.7. The van der Waals surface area contributed by atoms with E-state index in [0.717, 1.165) is 189 Å². The number of thiophene rings is 2. The summed E-state index contributed by atoms with van der Waals surface area (Å²) >= 11 is 15.4. The topological polar surface area (TPSA) is 276 Å². The van der Waals surface area contributed by atoms with Crippen molar-refractivity contribution in [3.63, 3.8) is 0 Å². The number of nitrogens with one attached hydrogen (secondary N) is 1. The lowest BCUT2D eigenvalue weighted by Crippen LogP contribution is -2.35. The molecule has 0 bridgehead atoms. The number of imidazole rings is 5. The Morgan fingerprint density at radius 1 is 0.393 bits per heavy atom. The van der Waals surface area contributed by atoms with Crippen LogP contribution in [0, 0.1) is 38.4 Å². The molecule has 150 heavy (non-hydrogen) atoms. The molecule has 0 spiro atoms. The molecule has 18 rings (SSSR count). The lowest BCUT2D eigenvalue weighted by molar-refractivity contribution is 0.0709. The summed E-state index contributed by atoms with van der Waals surface area (Å²) in [5.74, 6) is 5.14. The molecule has 1 N–H and O–H groups in total. The molecule has 27 nitrogen and oxygen atoms in total. The van der Waals surface area contributed by atoms with Gasteiger partial charge in [0.25, 0.3) is 29.5 Å². The minimum absolute atomic E-state index is 0.0234. The van der Waals surface area contributed by atoms with Crippen molar-refractivity contribution in [1.82, 2.24) is 102 Å². The van der Waals surface area contributed by atoms with Crippen molar-refractivity contribution in [2.75, 3.05) is 32.8 Å². The van der Waals surface area contributed by atoms with Crippen LogP contribution in [0.2, 0.25) is 10.0 Å². The van der Waals surface area contributed by atoms with E-state index < -0.39 is 0 Å². The minimum atomic E-state index is -0.290. The highest BCUT2D eigenvalue weighted by atomic mass is 35.5. The highest BCUT2D eigenvalue weighted by molar-refractivity contribution is 7.14. The number of hydrogen-bond donors (Lipinski definition) is 1. The third-order valence-corrected chi connectivity index (χ3v) is 27.2. The van der Waals surface area contributed by atoms with Gasteiger partial charge in [-0.2, -0.15) is 0 Å². The number of carbonyl (C=O) groups is 5. The number of rotatable bonds is 41. The Kier molecular flexibility index (Phi) is 40.8. The zero-order chi connectivity index (χ0) is 106. The van der Waals surface area contributed by atoms with Gasteiger partial charge in [0, 0.05) is 131 Å². The Balaban J connectivity index is 0.000000149. The fraction of sp³-hybridized carbons (Fsp3) is 0.331. The predicted octanol–water partition coefficient (Wildman–Crippen LogP) is 25.2. The molecule has 0 atom stereocenters. The van der Waals surface area contributed by atoms with Crippen LogP contribution in [0.25, 0.3) is 55.8 Å². The van der Waals surface area contributed by atoms with Crippen LogP contribution in [0.1, 0.15) is 220 Å². The number of ether oxygens (including phenoxy) is 1. The molecule has 0 saturated carbocycles. The van der Waals surface area contributed by atoms with Crippen LogP contribution in [-0.2, 0) is 85.1 Å². The maximum atomic E-state index is 13.7. The Morgan fingerprint density at radius 3 is 1.23 bits per heavy atom. The molecule has 18 aromatic rings. The molecule has 12 aromatic heterocycles. The van der Waals surface area contributed by atoms with Crippen molar-refractivity contribution in [1.29, 1.82) is 0 Å². The van der Waals surface area contributed by atoms with Crippen LogP contribution in [0.4, 0.5) is 4.39 Å². The molecule has 0 aliphatic rings. The predicted molar refractivity (Wildman–Crippen MR) is 599 cm³/mol. The molecule has 0 fully saturated rings. The Morgan fingerprint density at radius 2 is 0.807 bits per heavy atom. The first kappa shape index (κ1) is 111. The molecule has 0 radical (unpaired) electrons. The van der Waals surface area contributed by atoms with E-state index in [1.165, 1.54) is 45.9 Å². The van der Waals surface area contributed by atoms with Gasteiger partial charge >= 0.3 is 0 Å². The van der Waals surface area contributed by atoms with Gasteiger partial charge < -0.3 is 57.4 Å². The average Bonchev–Trinajstić information content (AvgIpc) is 1.58. The zero-order valence-corrected chi connectivity index (χ0v) is 91.0. The second-order valence-electron chi connectivity index (χ2n) is 37.8. The molecule has 0 aliphatic carbocycles. The number of nitrogens with zero attached hydrogens (tertiary/aromatic N) is 20. The summed E-state index contributed by atoms with van der Waals surface area (Å²) in [6, 6.07) is 71.9. The normalized spacial score (nSPS) is 11.2. The maximum absolute atomic E-state index is 13.7. The van der Waals surface area contributed by atoms with Crippen molar-refractivity contribution in [2.45, 2.75) is 214 Å². The standard InChI is InChI=1S/C31H39N5O2.C23H23FN4OS.C23H24N4OS.C21H24Cl2N4O.C20H24N4O/c1-5-17-36-29(34-28-10-7-15-33-30(28)36)22-35(21-23(2)3)31(37)26-8-6-9-27(19-26)38-18-16-32-20-25-13-11-24(4)12-14-25;1-3-12-28-20(26-19-5-4-11-25-22(19)28)15-27(14-17-6-8-18(24)9-7-17)23(29)21-16(2)10-13-30-21;1-3-14-27-21(25-19-10-7-13-24-22(19)27)16-26(15-18-8-5-4-6-9-18)23(28)20-12-11-17(2)29-20;1-4-10-27-19(25-18-6-5-9-24-20(18)27)13-26(12-14(2)3)21(28)16-11-15(22)7-8-17(16)23;1-3-13-23(20(25)16-9-6-5-7-10-16)15-18-22-17-11-8-12-21-19(17)24(18)14-4-2/h6-15,19,23,32H,5,16-18,20-22H2,1-4H3;4-11,13H,3,12,14-15H2,1-2H3;4-13H,3,14-16H2,1-2H3;5-9,11,14H,4,10,12-13H2,1-3H3;5-12H,3-4,13-15H2,1-2H3. The third-order valence-electron chi connectivity index (χ3n) is 24.7. The molecule has 0 unspecified atom stereocenters. The van der Waals surface area contributed by atoms with Crippen LogP contribution in [-0.4, -0.2) is 159 Å². The lowest BCUT2D eigenvalue weighted by atomic mass is 10.1. The second-order valence-corrected chi connectivity index (χ2v) is 40.9. The van der Waals surface area contributed by atoms with Crippen LogP contribution >= 0.6 is 45.9 Å². The number of hydrogen-bond acceptors (Lipinski definition) is 19. The summed E-state index contributed by atoms with van der Waals surface area (Å²) < 4.78 is 29.9. The molecular weight excluding hydrogens is 1960 g/mol. The van der Waals surface area contributed by atoms with Crippen LogP contribution in [0.5, 0.6) is 5.75 Å². The van der Waals surface area contributed by atoms with Crippen LogP contribution in [0.3, 0.4) is 0 Å². The smallest absolute Gasteiger partial charge is 0.264 e. The summed E-state index contributed by atoms with van der Waals surface area (Å²) in [6.45, 7) is 38.2. The lowest BCUT2D eigenvalue weighted by Gasteiger charge is -2.25. The van der Waals surface area contributed by atoms with Gasteiger partial charge in [-0.15, -0.1) is 22.7 Å². The number of pyridine rings is 5. The van der Waals surface area contributed by atoms with Crippen molar-refractivity contribution in [3.8, 4) is 5.75 Å². The zero-order valence-electron chi connectivity index (χ0n) is 87.9. The van der Waals surface area contributed by atoms with Gasteiger partial charge in [0.2, 0.25) is 0 Å². The van der Waals surface area contributed by atoms with Gasteiger partial charge in [0.1, 0.15) is 74.9 Å². The van der Waals surface area contributed by atoms with Crippen molar-refractivity contribution in [2.24, 2.45) is 11.8 Å². The Labute approximate surface area is 895 Å². The number of amides is 5. The van der Waals surface area contributed by atoms with E-state index in [1.54, 1.807) is 71.1 Å². The van der Waals surface area contributed by atoms with Crippen molar-refractivity contribution in [3.05, 3.63) is 371 Å². The summed E-state index contributed by atoms with van der Waals surface area (Å²) in [5, 5.41) is 6.21. The van der Waals surface area contributed by atoms with E-state index in [9.17, 15) is 28.4 Å². The van der Waals surface area contributed by atoms with Gasteiger partial charge in [-0.05, 0) is 238 Å². The summed E-state index contributed by atoms with van der Waals surface area (Å²) in [4.78, 5) is 125. The molecule has 0 aliphatic heterocycles. The molecule has 5 amide bonds. The highest BCUT2D eigenvalue weighted by Gasteiger charge is 2.30. The van der Waals surface area contributed by atoms with Crippen LogP contribution < -0.4 is 10.1 Å². The minimum Gasteiger partial charge on any atom is -0.492 e. The van der Waals surface area contributed by atoms with Crippen molar-refractivity contribution >= 4 is 131 Å². The maximum Gasteiger partial charge on any atom is 0.264 e. The van der Waals surface area contributed by atoms with E-state index in [2.05, 4.69) is 166 Å². The van der Waals surface area contributed by atoms with Gasteiger partial charge in [-0.1, -0.05) is 189 Å². The Bertz CT molecular complexity index is 7470. The van der Waals surface area contributed by atoms with E-state index in [-0.39, 0.29) is 35.4 Å². The van der Waals surface area contributed by atoms with E-state index in [0.29, 0.717) is 128 Å². The SMILES string of the molecule is CCCN(Cc1nc2cccnc2n1CCC)C(=O)c1ccccc1.CCCn1c(CN(CC(C)C)C(=O)c2cc(Cl)ccc2Cl)nc2cccnc21.CCCn1c(CN(CC(C)C)C(=O)c2cccc(OCCNCc3ccc(C)cc3)c2)nc2cccnc21.CCCn1c(CN(Cc2ccc(F)cc2)C(=O)c2sccc2C)nc2cccnc21.CCCn1c(CN(Cc2ccccc2)C(=O)c2ccc(C)s2)nc2cccnc21. The largest absolute Gasteiger partial charge is 0.492 e. The first-order valence-corrected chi connectivity index (χ1v) is 54.1. The summed E-state index contributed by atoms with van der Waals surface area (Å²) in [6.07, 6.45) is 14.6. The molecule has 6 aromatic carbocycles. The fourth-order valence-corrected chi connectivity index (χ4v) is 19.8. The van der Waals surface area contributed by atoms with Crippen molar-refractivity contribution < 1.29 is 33.1 Å².